The predicted molar refractivity (Wildman–Crippen MR) is 145 cm³/mol. The van der Waals surface area contributed by atoms with Crippen molar-refractivity contribution >= 4 is 11.3 Å². The number of benzene rings is 2. The first-order valence-corrected chi connectivity index (χ1v) is 12.3. The molecule has 32 heavy (non-hydrogen) atoms. The van der Waals surface area contributed by atoms with Gasteiger partial charge in [-0.15, -0.1) is 6.58 Å². The van der Waals surface area contributed by atoms with Crippen LogP contribution in [0.2, 0.25) is 0 Å². The molecule has 3 rings (SSSR count). The van der Waals surface area contributed by atoms with Gasteiger partial charge < -0.3 is 4.90 Å². The lowest BCUT2D eigenvalue weighted by atomic mass is 9.81. The van der Waals surface area contributed by atoms with Crippen LogP contribution in [0.5, 0.6) is 0 Å². The Labute approximate surface area is 197 Å². The van der Waals surface area contributed by atoms with Crippen molar-refractivity contribution in [2.24, 2.45) is 0 Å². The fourth-order valence-electron chi connectivity index (χ4n) is 4.50. The van der Waals surface area contributed by atoms with Crippen LogP contribution in [-0.2, 0) is 12.8 Å². The topological polar surface area (TPSA) is 3.24 Å². The summed E-state index contributed by atoms with van der Waals surface area (Å²) in [6.07, 6.45) is 5.55. The third kappa shape index (κ3) is 6.99. The van der Waals surface area contributed by atoms with Crippen LogP contribution in [0.1, 0.15) is 76.1 Å². The highest BCUT2D eigenvalue weighted by molar-refractivity contribution is 5.78. The second kappa shape index (κ2) is 12.5. The fourth-order valence-corrected chi connectivity index (χ4v) is 4.50. The van der Waals surface area contributed by atoms with Gasteiger partial charge in [-0.25, -0.2) is 0 Å². The maximum absolute atomic E-state index is 4.34. The molecule has 1 aliphatic carbocycles. The van der Waals surface area contributed by atoms with E-state index in [4.69, 9.17) is 0 Å². The van der Waals surface area contributed by atoms with E-state index in [0.717, 1.165) is 32.4 Å². The van der Waals surface area contributed by atoms with Gasteiger partial charge in [0.05, 0.1) is 0 Å². The number of allylic oxidation sites excluding steroid dienone is 4. The van der Waals surface area contributed by atoms with Crippen molar-refractivity contribution in [2.75, 3.05) is 18.0 Å². The quantitative estimate of drug-likeness (QED) is 0.379. The van der Waals surface area contributed by atoms with Crippen LogP contribution in [-0.4, -0.2) is 13.1 Å². The predicted octanol–water partition coefficient (Wildman–Crippen LogP) is 8.72. The Morgan fingerprint density at radius 2 is 1.69 bits per heavy atom. The van der Waals surface area contributed by atoms with Crippen LogP contribution >= 0.6 is 0 Å². The summed E-state index contributed by atoms with van der Waals surface area (Å²) in [5.41, 5.74) is 12.3. The molecule has 0 N–H and O–H groups in total. The van der Waals surface area contributed by atoms with Gasteiger partial charge in [0, 0.05) is 18.8 Å². The second-order valence-corrected chi connectivity index (χ2v) is 9.09. The van der Waals surface area contributed by atoms with Crippen molar-refractivity contribution in [1.29, 1.82) is 0 Å². The van der Waals surface area contributed by atoms with Gasteiger partial charge in [0.1, 0.15) is 0 Å². The van der Waals surface area contributed by atoms with Crippen molar-refractivity contribution in [3.8, 4) is 0 Å². The van der Waals surface area contributed by atoms with Gasteiger partial charge in [-0.1, -0.05) is 61.4 Å². The molecule has 0 saturated carbocycles. The van der Waals surface area contributed by atoms with Crippen molar-refractivity contribution in [3.05, 3.63) is 94.6 Å². The Balaban J connectivity index is 0.000000303. The highest BCUT2D eigenvalue weighted by atomic mass is 15.1. The summed E-state index contributed by atoms with van der Waals surface area (Å²) in [6, 6.07) is 15.6. The van der Waals surface area contributed by atoms with Crippen LogP contribution in [0, 0.1) is 6.92 Å². The monoisotopic (exact) mass is 429 g/mol. The summed E-state index contributed by atoms with van der Waals surface area (Å²) in [5.74, 6) is 0. The van der Waals surface area contributed by atoms with Crippen LogP contribution < -0.4 is 4.90 Å². The second-order valence-electron chi connectivity index (χ2n) is 9.09. The van der Waals surface area contributed by atoms with E-state index in [1.807, 2.05) is 0 Å². The van der Waals surface area contributed by atoms with Crippen molar-refractivity contribution in [3.63, 3.8) is 0 Å². The maximum atomic E-state index is 4.34. The zero-order chi connectivity index (χ0) is 23.7. The number of hydrogen-bond acceptors (Lipinski definition) is 1. The van der Waals surface area contributed by atoms with Gasteiger partial charge in [-0.05, 0) is 106 Å². The van der Waals surface area contributed by atoms with Crippen LogP contribution in [0.3, 0.4) is 0 Å². The van der Waals surface area contributed by atoms with Crippen LogP contribution in [0.25, 0.3) is 5.57 Å². The average molecular weight is 430 g/mol. The fraction of sp³-hybridized carbons (Fsp3) is 0.419. The van der Waals surface area contributed by atoms with Gasteiger partial charge in [-0.3, -0.25) is 0 Å². The average Bonchev–Trinajstić information content (AvgIpc) is 2.75. The molecule has 0 saturated heterocycles. The summed E-state index contributed by atoms with van der Waals surface area (Å²) in [4.78, 5) is 2.40. The largest absolute Gasteiger partial charge is 0.372 e. The standard InChI is InChI=1S/C21H29N.C10H14/c1-7-22(8-2)19-10-12-21-17(6)20(11-9-15(3)4)16(5)13-18(21)14-19;1-3-5-10-7-4-6-9(2)8-10/h10,12,14H,3,5,7-9,11,13H2,1-2,4,6H3;4,6-8H,3,5H2,1-2H3. The van der Waals surface area contributed by atoms with E-state index in [0.29, 0.717) is 0 Å². The Hall–Kier alpha value is -2.54. The molecule has 1 heteroatoms. The molecule has 0 amide bonds. The summed E-state index contributed by atoms with van der Waals surface area (Å²) in [6.45, 7) is 23.6. The molecule has 0 bridgehead atoms. The first-order chi connectivity index (χ1) is 15.3. The van der Waals surface area contributed by atoms with Crippen molar-refractivity contribution in [2.45, 2.75) is 73.6 Å². The maximum Gasteiger partial charge on any atom is 0.0369 e. The van der Waals surface area contributed by atoms with Crippen molar-refractivity contribution in [1.82, 2.24) is 0 Å². The molecule has 1 nitrogen and oxygen atoms in total. The van der Waals surface area contributed by atoms with Gasteiger partial charge >= 0.3 is 0 Å². The molecule has 0 radical (unpaired) electrons. The lowest BCUT2D eigenvalue weighted by molar-refractivity contribution is 0.863. The number of aryl methyl sites for hydroxylation is 2. The Kier molecular flexibility index (Phi) is 10.0. The first-order valence-electron chi connectivity index (χ1n) is 12.3. The molecule has 0 atom stereocenters. The number of rotatable bonds is 8. The lowest BCUT2D eigenvalue weighted by Crippen LogP contribution is -2.22. The third-order valence-corrected chi connectivity index (χ3v) is 6.33. The minimum Gasteiger partial charge on any atom is -0.372 e. The van der Waals surface area contributed by atoms with E-state index in [-0.39, 0.29) is 0 Å². The zero-order valence-corrected chi connectivity index (χ0v) is 21.4. The SMILES string of the molecule is C=C(C)CCC1=C(C)c2ccc(N(CC)CC)cc2CC1=C.CCCc1cccc(C)c1. The Bertz CT molecular complexity index is 956. The van der Waals surface area contributed by atoms with E-state index in [1.165, 1.54) is 63.1 Å². The molecule has 0 aliphatic heterocycles. The molecule has 0 spiro atoms. The first kappa shape index (κ1) is 25.7. The van der Waals surface area contributed by atoms with Gasteiger partial charge in [0.15, 0.2) is 0 Å². The van der Waals surface area contributed by atoms with Crippen LogP contribution in [0.4, 0.5) is 5.69 Å². The molecule has 0 heterocycles. The van der Waals surface area contributed by atoms with Gasteiger partial charge in [0.2, 0.25) is 0 Å². The van der Waals surface area contributed by atoms with Crippen LogP contribution in [0.15, 0.2) is 72.3 Å². The van der Waals surface area contributed by atoms with E-state index in [1.54, 1.807) is 0 Å². The molecule has 2 aromatic carbocycles. The van der Waals surface area contributed by atoms with E-state index >= 15 is 0 Å². The summed E-state index contributed by atoms with van der Waals surface area (Å²) < 4.78 is 0. The summed E-state index contributed by atoms with van der Waals surface area (Å²) in [7, 11) is 0. The van der Waals surface area contributed by atoms with Crippen molar-refractivity contribution < 1.29 is 0 Å². The van der Waals surface area contributed by atoms with Gasteiger partial charge in [-0.2, -0.15) is 0 Å². The highest BCUT2D eigenvalue weighted by Gasteiger charge is 2.19. The minimum atomic E-state index is 0.979. The van der Waals surface area contributed by atoms with E-state index in [2.05, 4.69) is 102 Å². The minimum absolute atomic E-state index is 0.979. The summed E-state index contributed by atoms with van der Waals surface area (Å²) >= 11 is 0. The normalized spacial score (nSPS) is 12.8. The molecule has 1 aliphatic rings. The highest BCUT2D eigenvalue weighted by Crippen LogP contribution is 2.37. The van der Waals surface area contributed by atoms with E-state index < -0.39 is 0 Å². The third-order valence-electron chi connectivity index (χ3n) is 6.33. The molecule has 172 valence electrons. The van der Waals surface area contributed by atoms with Gasteiger partial charge in [0.25, 0.3) is 0 Å². The number of fused-ring (bicyclic) bond motifs is 1. The Morgan fingerprint density at radius 3 is 2.28 bits per heavy atom. The molecular weight excluding hydrogens is 386 g/mol. The summed E-state index contributed by atoms with van der Waals surface area (Å²) in [5, 5.41) is 0. The molecular formula is C31H43N. The molecule has 0 aromatic heterocycles. The number of hydrogen-bond donors (Lipinski definition) is 0. The molecule has 2 aromatic rings. The Morgan fingerprint density at radius 1 is 0.969 bits per heavy atom. The molecule has 0 fully saturated rings. The number of nitrogens with zero attached hydrogens (tertiary/aromatic N) is 1. The lowest BCUT2D eigenvalue weighted by Gasteiger charge is -2.27. The zero-order valence-electron chi connectivity index (χ0n) is 21.4. The molecule has 0 unspecified atom stereocenters. The van der Waals surface area contributed by atoms with E-state index in [9.17, 15) is 0 Å². The smallest absolute Gasteiger partial charge is 0.0369 e. The number of anilines is 1.